The van der Waals surface area contributed by atoms with Crippen molar-refractivity contribution in [3.05, 3.63) is 28.0 Å². The van der Waals surface area contributed by atoms with Crippen LogP contribution >= 0.6 is 11.6 Å². The largest absolute Gasteiger partial charge is 0.469 e. The summed E-state index contributed by atoms with van der Waals surface area (Å²) in [4.78, 5) is 14.0. The van der Waals surface area contributed by atoms with Crippen LogP contribution in [0.3, 0.4) is 0 Å². The molecule has 1 aromatic rings. The monoisotopic (exact) mass is 303 g/mol. The summed E-state index contributed by atoms with van der Waals surface area (Å²) in [6.07, 6.45) is -8.65. The van der Waals surface area contributed by atoms with E-state index in [4.69, 9.17) is 11.6 Å². The van der Waals surface area contributed by atoms with Gasteiger partial charge in [-0.3, -0.25) is 9.78 Å². The van der Waals surface area contributed by atoms with Crippen LogP contribution < -0.4 is 0 Å². The van der Waals surface area contributed by atoms with Crippen LogP contribution in [0, 0.1) is 0 Å². The van der Waals surface area contributed by atoms with Crippen molar-refractivity contribution in [3.63, 3.8) is 0 Å². The lowest BCUT2D eigenvalue weighted by Gasteiger charge is -2.15. The van der Waals surface area contributed by atoms with Crippen LogP contribution in [0.1, 0.15) is 23.2 Å². The van der Waals surface area contributed by atoms with E-state index in [0.29, 0.717) is 0 Å². The molecule has 0 saturated carbocycles. The van der Waals surface area contributed by atoms with Crippen molar-refractivity contribution >= 4 is 17.6 Å². The van der Waals surface area contributed by atoms with Gasteiger partial charge in [0, 0.05) is 6.20 Å². The van der Waals surface area contributed by atoms with Crippen LogP contribution in [0.25, 0.3) is 0 Å². The third-order valence-corrected chi connectivity index (χ3v) is 2.63. The highest BCUT2D eigenvalue weighted by Crippen LogP contribution is 2.38. The minimum Gasteiger partial charge on any atom is -0.469 e. The molecule has 0 fully saturated rings. The average molecular weight is 304 g/mol. The van der Waals surface area contributed by atoms with Gasteiger partial charge in [0.2, 0.25) is 0 Å². The second-order valence-electron chi connectivity index (χ2n) is 3.40. The molecule has 1 rings (SSSR count). The van der Waals surface area contributed by atoms with Gasteiger partial charge in [0.25, 0.3) is 6.43 Å². The summed E-state index contributed by atoms with van der Waals surface area (Å²) in [6, 6.07) is 0. The summed E-state index contributed by atoms with van der Waals surface area (Å²) < 4.78 is 67.3. The number of ether oxygens (including phenoxy) is 1. The predicted octanol–water partition coefficient (Wildman–Crippen LogP) is 3.41. The molecule has 0 N–H and O–H groups in total. The van der Waals surface area contributed by atoms with Gasteiger partial charge >= 0.3 is 12.1 Å². The first kappa shape index (κ1) is 15.6. The van der Waals surface area contributed by atoms with Gasteiger partial charge in [0.05, 0.1) is 24.1 Å². The van der Waals surface area contributed by atoms with E-state index >= 15 is 0 Å². The summed E-state index contributed by atoms with van der Waals surface area (Å²) in [6.45, 7) is 0. The first-order valence-electron chi connectivity index (χ1n) is 4.78. The third kappa shape index (κ3) is 3.52. The van der Waals surface area contributed by atoms with Gasteiger partial charge in [0.15, 0.2) is 0 Å². The van der Waals surface area contributed by atoms with Gasteiger partial charge in [-0.15, -0.1) is 0 Å². The molecule has 0 atom stereocenters. The molecule has 0 aromatic carbocycles. The Labute approximate surface area is 109 Å². The SMILES string of the molecule is COC(=O)Cc1c(C(F)(F)F)cnc(C(F)F)c1Cl. The number of nitrogens with zero attached hydrogens (tertiary/aromatic N) is 1. The number of carbonyl (C=O) groups excluding carboxylic acids is 1. The quantitative estimate of drug-likeness (QED) is 0.634. The molecule has 106 valence electrons. The lowest BCUT2D eigenvalue weighted by molar-refractivity contribution is -0.141. The number of esters is 1. The number of halogens is 6. The zero-order valence-electron chi connectivity index (χ0n) is 9.39. The second kappa shape index (κ2) is 5.68. The summed E-state index contributed by atoms with van der Waals surface area (Å²) >= 11 is 5.47. The van der Waals surface area contributed by atoms with E-state index in [9.17, 15) is 26.7 Å². The van der Waals surface area contributed by atoms with Gasteiger partial charge in [-0.2, -0.15) is 13.2 Å². The Hall–Kier alpha value is -1.44. The lowest BCUT2D eigenvalue weighted by atomic mass is 10.1. The summed E-state index contributed by atoms with van der Waals surface area (Å²) in [5, 5.41) is -0.879. The van der Waals surface area contributed by atoms with Crippen molar-refractivity contribution in [2.75, 3.05) is 7.11 Å². The van der Waals surface area contributed by atoms with Crippen molar-refractivity contribution in [3.8, 4) is 0 Å². The molecule has 1 heterocycles. The van der Waals surface area contributed by atoms with Gasteiger partial charge in [-0.25, -0.2) is 8.78 Å². The topological polar surface area (TPSA) is 39.2 Å². The molecular weight excluding hydrogens is 297 g/mol. The first-order valence-corrected chi connectivity index (χ1v) is 5.15. The Morgan fingerprint density at radius 1 is 1.47 bits per heavy atom. The molecule has 0 aliphatic heterocycles. The molecule has 0 aliphatic carbocycles. The zero-order valence-corrected chi connectivity index (χ0v) is 10.1. The Bertz CT molecular complexity index is 490. The van der Waals surface area contributed by atoms with Gasteiger partial charge in [0.1, 0.15) is 5.69 Å². The fourth-order valence-electron chi connectivity index (χ4n) is 1.33. The third-order valence-electron chi connectivity index (χ3n) is 2.21. The normalized spacial score (nSPS) is 11.8. The van der Waals surface area contributed by atoms with Crippen molar-refractivity contribution in [1.29, 1.82) is 0 Å². The number of carbonyl (C=O) groups is 1. The highest BCUT2D eigenvalue weighted by Gasteiger charge is 2.37. The van der Waals surface area contributed by atoms with Crippen LogP contribution in [-0.4, -0.2) is 18.1 Å². The molecule has 0 aliphatic rings. The molecule has 1 aromatic heterocycles. The number of methoxy groups -OCH3 is 1. The average Bonchev–Trinajstić information content (AvgIpc) is 2.29. The minimum atomic E-state index is -4.86. The molecule has 0 saturated heterocycles. The van der Waals surface area contributed by atoms with E-state index in [0.717, 1.165) is 7.11 Å². The Balaban J connectivity index is 3.42. The van der Waals surface area contributed by atoms with E-state index in [1.165, 1.54) is 0 Å². The minimum absolute atomic E-state index is 0.228. The number of aromatic nitrogens is 1. The molecule has 0 amide bonds. The molecular formula is C10H7ClF5NO2. The van der Waals surface area contributed by atoms with Crippen molar-refractivity contribution in [2.24, 2.45) is 0 Å². The Morgan fingerprint density at radius 2 is 2.05 bits per heavy atom. The number of rotatable bonds is 3. The van der Waals surface area contributed by atoms with Crippen LogP contribution in [0.2, 0.25) is 5.02 Å². The maximum absolute atomic E-state index is 12.7. The predicted molar refractivity (Wildman–Crippen MR) is 54.9 cm³/mol. The molecule has 19 heavy (non-hydrogen) atoms. The molecule has 9 heteroatoms. The standard InChI is InChI=1S/C10H7ClF5NO2/c1-19-6(18)2-4-5(10(14,15)16)3-17-8(7(4)11)9(12)13/h3,9H,2H2,1H3. The molecule has 0 bridgehead atoms. The van der Waals surface area contributed by atoms with Crippen LogP contribution in [0.5, 0.6) is 0 Å². The number of hydrogen-bond acceptors (Lipinski definition) is 3. The van der Waals surface area contributed by atoms with Crippen molar-refractivity contribution in [1.82, 2.24) is 4.98 Å². The Morgan fingerprint density at radius 3 is 2.47 bits per heavy atom. The summed E-state index contributed by atoms with van der Waals surface area (Å²) in [5.74, 6) is -1.03. The molecule has 0 radical (unpaired) electrons. The van der Waals surface area contributed by atoms with Crippen LogP contribution in [0.15, 0.2) is 6.20 Å². The maximum Gasteiger partial charge on any atom is 0.418 e. The van der Waals surface area contributed by atoms with Gasteiger partial charge in [-0.1, -0.05) is 11.6 Å². The van der Waals surface area contributed by atoms with Crippen LogP contribution in [0.4, 0.5) is 22.0 Å². The fourth-order valence-corrected chi connectivity index (χ4v) is 1.63. The highest BCUT2D eigenvalue weighted by molar-refractivity contribution is 6.32. The molecule has 3 nitrogen and oxygen atoms in total. The Kier molecular flexibility index (Phi) is 4.67. The van der Waals surface area contributed by atoms with E-state index < -0.39 is 46.8 Å². The van der Waals surface area contributed by atoms with Gasteiger partial charge < -0.3 is 4.74 Å². The molecule has 0 unspecified atom stereocenters. The maximum atomic E-state index is 12.7. The summed E-state index contributed by atoms with van der Waals surface area (Å²) in [5.41, 5.74) is -3.12. The number of pyridine rings is 1. The van der Waals surface area contributed by atoms with E-state index in [1.807, 2.05) is 0 Å². The number of hydrogen-bond donors (Lipinski definition) is 0. The highest BCUT2D eigenvalue weighted by atomic mass is 35.5. The fraction of sp³-hybridized carbons (Fsp3) is 0.400. The van der Waals surface area contributed by atoms with Crippen molar-refractivity contribution in [2.45, 2.75) is 19.0 Å². The second-order valence-corrected chi connectivity index (χ2v) is 3.78. The number of alkyl halides is 5. The molecule has 0 spiro atoms. The van der Waals surface area contributed by atoms with E-state index in [1.54, 1.807) is 0 Å². The van der Waals surface area contributed by atoms with E-state index in [2.05, 4.69) is 9.72 Å². The summed E-state index contributed by atoms with van der Waals surface area (Å²) in [7, 11) is 0.957. The van der Waals surface area contributed by atoms with E-state index in [-0.39, 0.29) is 6.20 Å². The lowest BCUT2D eigenvalue weighted by Crippen LogP contribution is -2.16. The van der Waals surface area contributed by atoms with Crippen molar-refractivity contribution < 1.29 is 31.5 Å². The van der Waals surface area contributed by atoms with Crippen LogP contribution in [-0.2, 0) is 22.1 Å². The smallest absolute Gasteiger partial charge is 0.418 e. The zero-order chi connectivity index (χ0) is 14.8. The first-order chi connectivity index (χ1) is 8.68. The van der Waals surface area contributed by atoms with Gasteiger partial charge in [-0.05, 0) is 5.56 Å².